The van der Waals surface area contributed by atoms with Gasteiger partial charge in [-0.15, -0.1) is 0 Å². The number of alkyl halides is 3. The molecule has 0 unspecified atom stereocenters. The molecule has 0 fully saturated rings. The summed E-state index contributed by atoms with van der Waals surface area (Å²) in [4.78, 5) is 25.7. The van der Waals surface area contributed by atoms with E-state index in [4.69, 9.17) is 0 Å². The number of carbonyl (C=O) groups excluding carboxylic acids is 1. The van der Waals surface area contributed by atoms with Crippen LogP contribution in [0.2, 0.25) is 0 Å². The number of benzene rings is 1. The number of amides is 1. The number of pyridine rings is 1. The summed E-state index contributed by atoms with van der Waals surface area (Å²) in [6, 6.07) is 4.91. The fourth-order valence-electron chi connectivity index (χ4n) is 1.78. The highest BCUT2D eigenvalue weighted by Gasteiger charge is 2.30. The van der Waals surface area contributed by atoms with Gasteiger partial charge in [0.2, 0.25) is 0 Å². The van der Waals surface area contributed by atoms with E-state index in [0.29, 0.717) is 5.56 Å². The Kier molecular flexibility index (Phi) is 4.30. The minimum Gasteiger partial charge on any atom is -0.306 e. The Hall–Kier alpha value is -2.97. The zero-order chi connectivity index (χ0) is 17.2. The number of halogens is 3. The van der Waals surface area contributed by atoms with Crippen LogP contribution < -0.4 is 5.32 Å². The summed E-state index contributed by atoms with van der Waals surface area (Å²) in [5.41, 5.74) is -0.717. The fraction of sp³-hybridized carbons (Fsp3) is 0.143. The van der Waals surface area contributed by atoms with Gasteiger partial charge in [-0.2, -0.15) is 13.2 Å². The molecule has 0 atom stereocenters. The van der Waals surface area contributed by atoms with Gasteiger partial charge >= 0.3 is 6.18 Å². The molecule has 0 radical (unpaired) electrons. The number of hydrogen-bond acceptors (Lipinski definition) is 4. The van der Waals surface area contributed by atoms with Crippen molar-refractivity contribution in [1.29, 1.82) is 0 Å². The summed E-state index contributed by atoms with van der Waals surface area (Å²) in [5, 5.41) is 13.0. The second kappa shape index (κ2) is 6.03. The SMILES string of the molecule is Cc1cc([N+](=O)[O-])cnc1NC(=O)c1ccc(C(F)(F)F)cc1. The van der Waals surface area contributed by atoms with Gasteiger partial charge in [-0.3, -0.25) is 14.9 Å². The van der Waals surface area contributed by atoms with Crippen molar-refractivity contribution in [2.45, 2.75) is 13.1 Å². The van der Waals surface area contributed by atoms with Gasteiger partial charge in [-0.25, -0.2) is 4.98 Å². The van der Waals surface area contributed by atoms with E-state index in [9.17, 15) is 28.1 Å². The van der Waals surface area contributed by atoms with Crippen LogP contribution in [-0.4, -0.2) is 15.8 Å². The zero-order valence-corrected chi connectivity index (χ0v) is 11.7. The third-order valence-electron chi connectivity index (χ3n) is 2.98. The highest BCUT2D eigenvalue weighted by atomic mass is 19.4. The van der Waals surface area contributed by atoms with Crippen molar-refractivity contribution in [2.24, 2.45) is 0 Å². The molecule has 1 aromatic carbocycles. The Labute approximate surface area is 128 Å². The lowest BCUT2D eigenvalue weighted by atomic mass is 10.1. The van der Waals surface area contributed by atoms with Crippen LogP contribution in [0, 0.1) is 17.0 Å². The van der Waals surface area contributed by atoms with Crippen molar-refractivity contribution in [3.05, 3.63) is 63.3 Å². The molecule has 0 aliphatic heterocycles. The third-order valence-corrected chi connectivity index (χ3v) is 2.98. The smallest absolute Gasteiger partial charge is 0.306 e. The molecule has 0 saturated carbocycles. The maximum absolute atomic E-state index is 12.5. The zero-order valence-electron chi connectivity index (χ0n) is 11.7. The van der Waals surface area contributed by atoms with Gasteiger partial charge in [0, 0.05) is 11.6 Å². The molecule has 1 aromatic heterocycles. The second-order valence-corrected chi connectivity index (χ2v) is 4.65. The Bertz CT molecular complexity index is 758. The highest BCUT2D eigenvalue weighted by Crippen LogP contribution is 2.29. The Morgan fingerprint density at radius 1 is 1.26 bits per heavy atom. The van der Waals surface area contributed by atoms with Crippen LogP contribution in [0.1, 0.15) is 21.5 Å². The lowest BCUT2D eigenvalue weighted by Gasteiger charge is -2.09. The monoisotopic (exact) mass is 325 g/mol. The molecule has 23 heavy (non-hydrogen) atoms. The standard InChI is InChI=1S/C14H10F3N3O3/c1-8-6-11(20(22)23)7-18-12(8)19-13(21)9-2-4-10(5-3-9)14(15,16)17/h2-7H,1H3,(H,18,19,21). The van der Waals surface area contributed by atoms with E-state index >= 15 is 0 Å². The van der Waals surface area contributed by atoms with Crippen molar-refractivity contribution in [1.82, 2.24) is 4.98 Å². The molecule has 0 aliphatic carbocycles. The van der Waals surface area contributed by atoms with Gasteiger partial charge in [-0.05, 0) is 36.8 Å². The fourth-order valence-corrected chi connectivity index (χ4v) is 1.78. The number of aromatic nitrogens is 1. The minimum atomic E-state index is -4.48. The number of carbonyl (C=O) groups is 1. The van der Waals surface area contributed by atoms with E-state index in [2.05, 4.69) is 10.3 Å². The first kappa shape index (κ1) is 16.4. The van der Waals surface area contributed by atoms with E-state index in [-0.39, 0.29) is 17.1 Å². The molecule has 0 bridgehead atoms. The number of anilines is 1. The minimum absolute atomic E-state index is 0.0116. The van der Waals surface area contributed by atoms with E-state index in [1.807, 2.05) is 0 Å². The molecule has 1 N–H and O–H groups in total. The van der Waals surface area contributed by atoms with Crippen molar-refractivity contribution < 1.29 is 22.9 Å². The molecule has 1 heterocycles. The van der Waals surface area contributed by atoms with E-state index in [1.165, 1.54) is 13.0 Å². The Balaban J connectivity index is 2.17. The predicted molar refractivity (Wildman–Crippen MR) is 75.0 cm³/mol. The summed E-state index contributed by atoms with van der Waals surface area (Å²) in [5.74, 6) is -0.566. The normalized spacial score (nSPS) is 11.1. The molecule has 6 nitrogen and oxygen atoms in total. The number of nitro groups is 1. The second-order valence-electron chi connectivity index (χ2n) is 4.65. The van der Waals surface area contributed by atoms with Gasteiger partial charge in [0.05, 0.1) is 10.5 Å². The molecule has 9 heteroatoms. The molecule has 120 valence electrons. The summed E-state index contributed by atoms with van der Waals surface area (Å²) in [6.07, 6.45) is -3.50. The van der Waals surface area contributed by atoms with Crippen molar-refractivity contribution >= 4 is 17.4 Å². The predicted octanol–water partition coefficient (Wildman–Crippen LogP) is 3.57. The maximum atomic E-state index is 12.5. The molecule has 0 saturated heterocycles. The van der Waals surface area contributed by atoms with E-state index in [0.717, 1.165) is 30.5 Å². The third kappa shape index (κ3) is 3.82. The summed E-state index contributed by atoms with van der Waals surface area (Å²) < 4.78 is 37.4. The number of nitrogens with zero attached hydrogens (tertiary/aromatic N) is 2. The molecule has 0 spiro atoms. The van der Waals surface area contributed by atoms with Crippen LogP contribution in [0.25, 0.3) is 0 Å². The number of hydrogen-bond donors (Lipinski definition) is 1. The lowest BCUT2D eigenvalue weighted by Crippen LogP contribution is -2.14. The van der Waals surface area contributed by atoms with Crippen LogP contribution in [0.3, 0.4) is 0 Å². The first-order chi connectivity index (χ1) is 10.7. The molecule has 2 rings (SSSR count). The quantitative estimate of drug-likeness (QED) is 0.690. The van der Waals surface area contributed by atoms with Crippen LogP contribution in [0.5, 0.6) is 0 Å². The number of rotatable bonds is 3. The van der Waals surface area contributed by atoms with Gasteiger partial charge < -0.3 is 5.32 Å². The van der Waals surface area contributed by atoms with Gasteiger partial charge in [0.15, 0.2) is 0 Å². The van der Waals surface area contributed by atoms with Crippen molar-refractivity contribution in [3.63, 3.8) is 0 Å². The number of aryl methyl sites for hydroxylation is 1. The first-order valence-electron chi connectivity index (χ1n) is 6.28. The van der Waals surface area contributed by atoms with E-state index in [1.54, 1.807) is 0 Å². The summed E-state index contributed by atoms with van der Waals surface area (Å²) in [7, 11) is 0. The largest absolute Gasteiger partial charge is 0.416 e. The van der Waals surface area contributed by atoms with Gasteiger partial charge in [0.25, 0.3) is 11.6 Å². The topological polar surface area (TPSA) is 85.1 Å². The summed E-state index contributed by atoms with van der Waals surface area (Å²) in [6.45, 7) is 1.52. The van der Waals surface area contributed by atoms with Crippen LogP contribution in [0.4, 0.5) is 24.7 Å². The summed E-state index contributed by atoms with van der Waals surface area (Å²) >= 11 is 0. The van der Waals surface area contributed by atoms with Crippen molar-refractivity contribution in [2.75, 3.05) is 5.32 Å². The average molecular weight is 325 g/mol. The van der Waals surface area contributed by atoms with Gasteiger partial charge in [0.1, 0.15) is 12.0 Å². The average Bonchev–Trinajstić information content (AvgIpc) is 2.48. The van der Waals surface area contributed by atoms with E-state index < -0.39 is 22.6 Å². The first-order valence-corrected chi connectivity index (χ1v) is 6.28. The van der Waals surface area contributed by atoms with Gasteiger partial charge in [-0.1, -0.05) is 0 Å². The van der Waals surface area contributed by atoms with Crippen LogP contribution in [0.15, 0.2) is 36.5 Å². The Morgan fingerprint density at radius 2 is 1.87 bits per heavy atom. The molecule has 1 amide bonds. The maximum Gasteiger partial charge on any atom is 0.416 e. The molecular formula is C14H10F3N3O3. The molecular weight excluding hydrogens is 315 g/mol. The number of nitrogens with one attached hydrogen (secondary N) is 1. The van der Waals surface area contributed by atoms with Crippen LogP contribution >= 0.6 is 0 Å². The molecule has 0 aliphatic rings. The lowest BCUT2D eigenvalue weighted by molar-refractivity contribution is -0.385. The van der Waals surface area contributed by atoms with Crippen LogP contribution in [-0.2, 0) is 6.18 Å². The highest BCUT2D eigenvalue weighted by molar-refractivity contribution is 6.04. The Morgan fingerprint density at radius 3 is 2.35 bits per heavy atom. The van der Waals surface area contributed by atoms with Crippen molar-refractivity contribution in [3.8, 4) is 0 Å². The molecule has 2 aromatic rings.